The van der Waals surface area contributed by atoms with Gasteiger partial charge in [-0.15, -0.1) is 0 Å². The number of carbonyl (C=O) groups is 2. The maximum Gasteiger partial charge on any atom is 0.312 e. The zero-order valence-electron chi connectivity index (χ0n) is 11.4. The lowest BCUT2D eigenvalue weighted by Crippen LogP contribution is -2.47. The summed E-state index contributed by atoms with van der Waals surface area (Å²) in [5.41, 5.74) is 4.97. The molecule has 0 heterocycles. The fourth-order valence-corrected chi connectivity index (χ4v) is 2.52. The third-order valence-electron chi connectivity index (χ3n) is 3.86. The molecule has 5 heteroatoms. The largest absolute Gasteiger partial charge is 0.354 e. The van der Waals surface area contributed by atoms with Gasteiger partial charge in [0.2, 0.25) is 5.91 Å². The number of amides is 3. The maximum absolute atomic E-state index is 11.7. The summed E-state index contributed by atoms with van der Waals surface area (Å²) in [5.74, 6) is 1.29. The van der Waals surface area contributed by atoms with Crippen molar-refractivity contribution in [2.24, 2.45) is 17.6 Å². The Balaban J connectivity index is 2.21. The van der Waals surface area contributed by atoms with E-state index in [0.717, 1.165) is 5.92 Å². The number of rotatable bonds is 5. The molecule has 0 bridgehead atoms. The zero-order valence-corrected chi connectivity index (χ0v) is 11.4. The van der Waals surface area contributed by atoms with Gasteiger partial charge in [0.25, 0.3) is 0 Å². The molecule has 0 aromatic heterocycles. The summed E-state index contributed by atoms with van der Waals surface area (Å²) in [5, 5.41) is 5.25. The van der Waals surface area contributed by atoms with E-state index in [9.17, 15) is 9.59 Å². The highest BCUT2D eigenvalue weighted by Gasteiger charge is 2.21. The average molecular weight is 255 g/mol. The number of carbonyl (C=O) groups excluding carboxylic acids is 2. The van der Waals surface area contributed by atoms with Crippen LogP contribution in [0.1, 0.15) is 46.0 Å². The molecule has 0 spiro atoms. The topological polar surface area (TPSA) is 84.2 Å². The Hall–Kier alpha value is -1.26. The smallest absolute Gasteiger partial charge is 0.312 e. The van der Waals surface area contributed by atoms with Crippen LogP contribution in [-0.4, -0.2) is 24.5 Å². The van der Waals surface area contributed by atoms with Gasteiger partial charge >= 0.3 is 6.03 Å². The summed E-state index contributed by atoms with van der Waals surface area (Å²) in [4.78, 5) is 22.3. The monoisotopic (exact) mass is 255 g/mol. The van der Waals surface area contributed by atoms with E-state index < -0.39 is 12.1 Å². The van der Waals surface area contributed by atoms with Crippen LogP contribution in [0.2, 0.25) is 0 Å². The Morgan fingerprint density at radius 1 is 1.22 bits per heavy atom. The standard InChI is InChI=1S/C13H25N3O2/c1-3-10-4-6-11(7-5-10)8-15-12(17)9(2)16-13(14)18/h9-11H,3-8H2,1-2H3,(H,15,17)(H3,14,16,18)/t9-,10?,11?/m1/s1. The summed E-state index contributed by atoms with van der Waals surface area (Å²) >= 11 is 0. The number of hydrogen-bond donors (Lipinski definition) is 3. The van der Waals surface area contributed by atoms with Gasteiger partial charge in [0.1, 0.15) is 6.04 Å². The summed E-state index contributed by atoms with van der Waals surface area (Å²) in [7, 11) is 0. The van der Waals surface area contributed by atoms with Crippen LogP contribution in [0.25, 0.3) is 0 Å². The van der Waals surface area contributed by atoms with Crippen molar-refractivity contribution in [3.8, 4) is 0 Å². The molecular weight excluding hydrogens is 230 g/mol. The van der Waals surface area contributed by atoms with Crippen LogP contribution in [-0.2, 0) is 4.79 Å². The van der Waals surface area contributed by atoms with Gasteiger partial charge in [0.15, 0.2) is 0 Å². The second-order valence-corrected chi connectivity index (χ2v) is 5.27. The van der Waals surface area contributed by atoms with Crippen molar-refractivity contribution < 1.29 is 9.59 Å². The van der Waals surface area contributed by atoms with E-state index in [0.29, 0.717) is 12.5 Å². The molecule has 0 saturated heterocycles. The molecule has 104 valence electrons. The third kappa shape index (κ3) is 4.94. The summed E-state index contributed by atoms with van der Waals surface area (Å²) in [6.07, 6.45) is 6.18. The minimum Gasteiger partial charge on any atom is -0.354 e. The van der Waals surface area contributed by atoms with E-state index in [1.807, 2.05) is 0 Å². The normalized spacial score (nSPS) is 25.2. The van der Waals surface area contributed by atoms with E-state index in [1.165, 1.54) is 32.1 Å². The number of urea groups is 1. The maximum atomic E-state index is 11.7. The highest BCUT2D eigenvalue weighted by molar-refractivity contribution is 5.86. The van der Waals surface area contributed by atoms with Crippen LogP contribution in [0.15, 0.2) is 0 Å². The molecule has 5 nitrogen and oxygen atoms in total. The average Bonchev–Trinajstić information content (AvgIpc) is 2.35. The second-order valence-electron chi connectivity index (χ2n) is 5.27. The lowest BCUT2D eigenvalue weighted by molar-refractivity contribution is -0.122. The van der Waals surface area contributed by atoms with Crippen molar-refractivity contribution in [2.75, 3.05) is 6.54 Å². The summed E-state index contributed by atoms with van der Waals surface area (Å²) < 4.78 is 0. The van der Waals surface area contributed by atoms with Crippen LogP contribution < -0.4 is 16.4 Å². The van der Waals surface area contributed by atoms with Crippen molar-refractivity contribution >= 4 is 11.9 Å². The highest BCUT2D eigenvalue weighted by Crippen LogP contribution is 2.29. The molecule has 1 fully saturated rings. The Bertz CT molecular complexity index is 286. The van der Waals surface area contributed by atoms with Crippen molar-refractivity contribution in [2.45, 2.75) is 52.0 Å². The Kier molecular flexibility index (Phi) is 5.95. The van der Waals surface area contributed by atoms with Crippen LogP contribution >= 0.6 is 0 Å². The van der Waals surface area contributed by atoms with Crippen molar-refractivity contribution in [3.05, 3.63) is 0 Å². The van der Waals surface area contributed by atoms with Gasteiger partial charge in [0, 0.05) is 6.54 Å². The minimum absolute atomic E-state index is 0.161. The van der Waals surface area contributed by atoms with Crippen LogP contribution in [0.3, 0.4) is 0 Å². The quantitative estimate of drug-likeness (QED) is 0.693. The molecule has 1 atom stereocenters. The van der Waals surface area contributed by atoms with Gasteiger partial charge in [-0.3, -0.25) is 4.79 Å². The first-order valence-electron chi connectivity index (χ1n) is 6.86. The second kappa shape index (κ2) is 7.24. The Morgan fingerprint density at radius 2 is 1.78 bits per heavy atom. The van der Waals surface area contributed by atoms with Gasteiger partial charge in [-0.1, -0.05) is 26.2 Å². The van der Waals surface area contributed by atoms with Gasteiger partial charge < -0.3 is 16.4 Å². The van der Waals surface area contributed by atoms with Gasteiger partial charge in [-0.25, -0.2) is 4.79 Å². The predicted octanol–water partition coefficient (Wildman–Crippen LogP) is 1.38. The first kappa shape index (κ1) is 14.8. The summed E-state index contributed by atoms with van der Waals surface area (Å²) in [6.45, 7) is 4.58. The van der Waals surface area contributed by atoms with Gasteiger partial charge in [0.05, 0.1) is 0 Å². The van der Waals surface area contributed by atoms with Crippen LogP contribution in [0, 0.1) is 11.8 Å². The number of nitrogens with one attached hydrogen (secondary N) is 2. The molecule has 0 aromatic carbocycles. The van der Waals surface area contributed by atoms with Crippen molar-refractivity contribution in [3.63, 3.8) is 0 Å². The minimum atomic E-state index is -0.666. The van der Waals surface area contributed by atoms with E-state index in [2.05, 4.69) is 17.6 Å². The van der Waals surface area contributed by atoms with E-state index >= 15 is 0 Å². The number of hydrogen-bond acceptors (Lipinski definition) is 2. The molecule has 0 aliphatic heterocycles. The molecule has 1 rings (SSSR count). The number of nitrogens with two attached hydrogens (primary N) is 1. The first-order valence-corrected chi connectivity index (χ1v) is 6.86. The molecule has 1 saturated carbocycles. The third-order valence-corrected chi connectivity index (χ3v) is 3.86. The van der Waals surface area contributed by atoms with E-state index in [-0.39, 0.29) is 5.91 Å². The van der Waals surface area contributed by atoms with Gasteiger partial charge in [-0.2, -0.15) is 0 Å². The van der Waals surface area contributed by atoms with Gasteiger partial charge in [-0.05, 0) is 31.6 Å². The Labute approximate surface area is 109 Å². The predicted molar refractivity (Wildman–Crippen MR) is 70.9 cm³/mol. The lowest BCUT2D eigenvalue weighted by atomic mass is 9.81. The molecule has 0 radical (unpaired) electrons. The zero-order chi connectivity index (χ0) is 13.5. The van der Waals surface area contributed by atoms with E-state index in [4.69, 9.17) is 5.73 Å². The highest BCUT2D eigenvalue weighted by atomic mass is 16.2. The fourth-order valence-electron chi connectivity index (χ4n) is 2.52. The molecular formula is C13H25N3O2. The molecule has 0 unspecified atom stereocenters. The van der Waals surface area contributed by atoms with Crippen LogP contribution in [0.4, 0.5) is 4.79 Å². The van der Waals surface area contributed by atoms with E-state index in [1.54, 1.807) is 6.92 Å². The van der Waals surface area contributed by atoms with Crippen molar-refractivity contribution in [1.82, 2.24) is 10.6 Å². The number of primary amides is 1. The SMILES string of the molecule is CCC1CCC(CNC(=O)[C@@H](C)NC(N)=O)CC1. The Morgan fingerprint density at radius 3 is 2.28 bits per heavy atom. The summed E-state index contributed by atoms with van der Waals surface area (Å²) in [6, 6.07) is -1.23. The molecule has 18 heavy (non-hydrogen) atoms. The first-order chi connectivity index (χ1) is 8.52. The molecule has 1 aliphatic rings. The molecule has 4 N–H and O–H groups in total. The van der Waals surface area contributed by atoms with Crippen molar-refractivity contribution in [1.29, 1.82) is 0 Å². The molecule has 3 amide bonds. The molecule has 1 aliphatic carbocycles. The van der Waals surface area contributed by atoms with Crippen LogP contribution in [0.5, 0.6) is 0 Å². The molecule has 0 aromatic rings. The fraction of sp³-hybridized carbons (Fsp3) is 0.846. The lowest BCUT2D eigenvalue weighted by Gasteiger charge is -2.28.